The molecule has 0 saturated heterocycles. The summed E-state index contributed by atoms with van der Waals surface area (Å²) in [6, 6.07) is 20.0. The minimum absolute atomic E-state index is 0.429. The number of para-hydroxylation sites is 2. The van der Waals surface area contributed by atoms with Crippen molar-refractivity contribution in [1.29, 1.82) is 5.26 Å². The summed E-state index contributed by atoms with van der Waals surface area (Å²) < 4.78 is 7.96. The molecule has 26 heavy (non-hydrogen) atoms. The molecule has 1 heterocycles. The van der Waals surface area contributed by atoms with Crippen LogP contribution in [0.4, 0.5) is 0 Å². The van der Waals surface area contributed by atoms with Crippen LogP contribution in [0.1, 0.15) is 5.56 Å². The van der Waals surface area contributed by atoms with E-state index in [4.69, 9.17) is 17.0 Å². The number of aromatic nitrogens is 2. The van der Waals surface area contributed by atoms with Gasteiger partial charge in [0.25, 0.3) is 0 Å². The molecule has 4 rings (SSSR count). The fourth-order valence-corrected chi connectivity index (χ4v) is 3.18. The highest BCUT2D eigenvalue weighted by molar-refractivity contribution is 7.81. The molecule has 1 aliphatic carbocycles. The maximum absolute atomic E-state index is 9.48. The Labute approximate surface area is 156 Å². The van der Waals surface area contributed by atoms with Gasteiger partial charge in [-0.3, -0.25) is 4.57 Å². The Hall–Kier alpha value is -3.07. The zero-order valence-electron chi connectivity index (χ0n) is 13.9. The number of thiocarbonyl (C=S) groups is 1. The van der Waals surface area contributed by atoms with Crippen molar-refractivity contribution in [2.24, 2.45) is 0 Å². The highest BCUT2D eigenvalue weighted by atomic mass is 32.1. The molecule has 0 aliphatic heterocycles. The van der Waals surface area contributed by atoms with E-state index in [0.717, 1.165) is 22.3 Å². The molecular formula is C21H15N3OS. The number of rotatable bonds is 4. The topological polar surface area (TPSA) is 50.8 Å². The first-order valence-electron chi connectivity index (χ1n) is 8.22. The van der Waals surface area contributed by atoms with Gasteiger partial charge in [-0.1, -0.05) is 54.7 Å². The molecule has 0 N–H and O–H groups in total. The van der Waals surface area contributed by atoms with E-state index in [9.17, 15) is 5.26 Å². The molecule has 1 unspecified atom stereocenters. The lowest BCUT2D eigenvalue weighted by molar-refractivity contribution is 0.115. The Morgan fingerprint density at radius 3 is 2.69 bits per heavy atom. The van der Waals surface area contributed by atoms with E-state index in [1.54, 1.807) is 12.4 Å². The van der Waals surface area contributed by atoms with E-state index >= 15 is 0 Å². The third-order valence-electron chi connectivity index (χ3n) is 4.26. The molecule has 1 atom stereocenters. The van der Waals surface area contributed by atoms with Gasteiger partial charge in [0.2, 0.25) is 0 Å². The standard InChI is InChI=1S/C21H15N3OS/c22-12-16-10-17(24-14-23-18-8-4-5-9-19(18)24)11-20(21(16)26)25-13-15-6-2-1-3-7-15/h1-11,14,20H,13H2. The second-order valence-corrected chi connectivity index (χ2v) is 6.39. The van der Waals surface area contributed by atoms with Crippen molar-refractivity contribution in [3.05, 3.63) is 84.2 Å². The fraction of sp³-hybridized carbons (Fsp3) is 0.0952. The van der Waals surface area contributed by atoms with Crippen molar-refractivity contribution in [3.8, 4) is 6.07 Å². The molecule has 1 aromatic heterocycles. The molecule has 4 nitrogen and oxygen atoms in total. The van der Waals surface area contributed by atoms with Gasteiger partial charge in [-0.2, -0.15) is 5.26 Å². The summed E-state index contributed by atoms with van der Waals surface area (Å²) in [4.78, 5) is 4.93. The van der Waals surface area contributed by atoms with Crippen molar-refractivity contribution in [2.45, 2.75) is 12.7 Å². The van der Waals surface area contributed by atoms with E-state index in [-0.39, 0.29) is 0 Å². The summed E-state index contributed by atoms with van der Waals surface area (Å²) in [6.45, 7) is 0.429. The van der Waals surface area contributed by atoms with Crippen molar-refractivity contribution >= 4 is 33.8 Å². The van der Waals surface area contributed by atoms with Gasteiger partial charge in [0.1, 0.15) is 18.5 Å². The molecule has 0 bridgehead atoms. The maximum atomic E-state index is 9.48. The first kappa shape index (κ1) is 16.4. The number of imidazole rings is 1. The minimum Gasteiger partial charge on any atom is -0.364 e. The molecule has 0 amide bonds. The highest BCUT2D eigenvalue weighted by Gasteiger charge is 2.23. The average Bonchev–Trinajstić information content (AvgIpc) is 3.12. The van der Waals surface area contributed by atoms with Crippen molar-refractivity contribution < 1.29 is 4.74 Å². The second-order valence-electron chi connectivity index (χ2n) is 5.95. The molecule has 1 aliphatic rings. The van der Waals surface area contributed by atoms with Gasteiger partial charge in [-0.15, -0.1) is 0 Å². The summed E-state index contributed by atoms with van der Waals surface area (Å²) >= 11 is 5.46. The van der Waals surface area contributed by atoms with E-state index in [1.165, 1.54) is 0 Å². The van der Waals surface area contributed by atoms with Crippen LogP contribution in [0.5, 0.6) is 0 Å². The van der Waals surface area contributed by atoms with Crippen LogP contribution in [0.25, 0.3) is 16.7 Å². The first-order valence-corrected chi connectivity index (χ1v) is 8.63. The van der Waals surface area contributed by atoms with E-state index < -0.39 is 6.10 Å². The normalized spacial score (nSPS) is 16.9. The lowest BCUT2D eigenvalue weighted by atomic mass is 10.0. The summed E-state index contributed by atoms with van der Waals surface area (Å²) in [5, 5.41) is 9.48. The summed E-state index contributed by atoms with van der Waals surface area (Å²) in [5.41, 5.74) is 4.22. The van der Waals surface area contributed by atoms with Crippen LogP contribution in [-0.2, 0) is 11.3 Å². The van der Waals surface area contributed by atoms with Crippen molar-refractivity contribution in [2.75, 3.05) is 0 Å². The Bertz CT molecular complexity index is 1070. The number of fused-ring (bicyclic) bond motifs is 1. The highest BCUT2D eigenvalue weighted by Crippen LogP contribution is 2.25. The third kappa shape index (κ3) is 3.08. The van der Waals surface area contributed by atoms with Gasteiger partial charge in [-0.25, -0.2) is 4.98 Å². The molecule has 126 valence electrons. The maximum Gasteiger partial charge on any atom is 0.115 e. The second kappa shape index (κ2) is 7.04. The van der Waals surface area contributed by atoms with Crippen molar-refractivity contribution in [3.63, 3.8) is 0 Å². The van der Waals surface area contributed by atoms with Crippen LogP contribution in [0, 0.1) is 11.3 Å². The number of benzene rings is 2. The van der Waals surface area contributed by atoms with Gasteiger partial charge in [0.15, 0.2) is 0 Å². The third-order valence-corrected chi connectivity index (χ3v) is 4.72. The Morgan fingerprint density at radius 1 is 1.12 bits per heavy atom. The molecule has 0 fully saturated rings. The molecule has 0 spiro atoms. The van der Waals surface area contributed by atoms with Crippen LogP contribution < -0.4 is 0 Å². The van der Waals surface area contributed by atoms with Crippen LogP contribution in [0.15, 0.2) is 78.6 Å². The Morgan fingerprint density at radius 2 is 1.88 bits per heavy atom. The predicted molar refractivity (Wildman–Crippen MR) is 105 cm³/mol. The van der Waals surface area contributed by atoms with Gasteiger partial charge in [0, 0.05) is 5.70 Å². The summed E-state index contributed by atoms with van der Waals surface area (Å²) in [5.74, 6) is 0. The summed E-state index contributed by atoms with van der Waals surface area (Å²) in [6.07, 6.45) is 5.06. The van der Waals surface area contributed by atoms with Crippen LogP contribution >= 0.6 is 12.2 Å². The molecule has 5 heteroatoms. The molecule has 2 aromatic carbocycles. The van der Waals surface area contributed by atoms with Gasteiger partial charge in [0.05, 0.1) is 28.1 Å². The quantitative estimate of drug-likeness (QED) is 0.654. The van der Waals surface area contributed by atoms with Crippen LogP contribution in [0.2, 0.25) is 0 Å². The molecule has 0 saturated carbocycles. The molecule has 3 aromatic rings. The monoisotopic (exact) mass is 357 g/mol. The van der Waals surface area contributed by atoms with Gasteiger partial charge >= 0.3 is 0 Å². The Balaban J connectivity index is 1.68. The number of hydrogen-bond acceptors (Lipinski definition) is 4. The fourth-order valence-electron chi connectivity index (χ4n) is 2.94. The zero-order chi connectivity index (χ0) is 17.9. The van der Waals surface area contributed by atoms with E-state index in [0.29, 0.717) is 17.0 Å². The SMILES string of the molecule is N#CC1=CC(n2cnc3ccccc32)=CC(OCc2ccccc2)C1=S. The number of allylic oxidation sites excluding steroid dienone is 2. The smallest absolute Gasteiger partial charge is 0.115 e. The number of ether oxygens (including phenoxy) is 1. The first-order chi connectivity index (χ1) is 12.8. The van der Waals surface area contributed by atoms with E-state index in [2.05, 4.69) is 11.1 Å². The number of hydrogen-bond donors (Lipinski definition) is 0. The van der Waals surface area contributed by atoms with Gasteiger partial charge in [-0.05, 0) is 29.8 Å². The lowest BCUT2D eigenvalue weighted by Gasteiger charge is -2.21. The molecule has 0 radical (unpaired) electrons. The largest absolute Gasteiger partial charge is 0.364 e. The van der Waals surface area contributed by atoms with Crippen LogP contribution in [-0.4, -0.2) is 20.5 Å². The van der Waals surface area contributed by atoms with Gasteiger partial charge < -0.3 is 4.74 Å². The number of nitriles is 1. The van der Waals surface area contributed by atoms with Crippen molar-refractivity contribution in [1.82, 2.24) is 9.55 Å². The number of nitrogens with zero attached hydrogens (tertiary/aromatic N) is 3. The van der Waals surface area contributed by atoms with E-state index in [1.807, 2.05) is 65.2 Å². The average molecular weight is 357 g/mol. The lowest BCUT2D eigenvalue weighted by Crippen LogP contribution is -2.25. The zero-order valence-corrected chi connectivity index (χ0v) is 14.7. The predicted octanol–water partition coefficient (Wildman–Crippen LogP) is 4.30. The van der Waals surface area contributed by atoms with Crippen LogP contribution in [0.3, 0.4) is 0 Å². The molecular weight excluding hydrogens is 342 g/mol. The minimum atomic E-state index is -0.430. The summed E-state index contributed by atoms with van der Waals surface area (Å²) in [7, 11) is 0. The Kier molecular flexibility index (Phi) is 4.44.